The molecule has 1 saturated carbocycles. The molecule has 0 spiro atoms. The molecule has 0 heterocycles. The van der Waals surface area contributed by atoms with Crippen LogP contribution in [0.25, 0.3) is 0 Å². The van der Waals surface area contributed by atoms with Gasteiger partial charge in [-0.05, 0) is 23.6 Å². The smallest absolute Gasteiger partial charge is 0.310 e. The molecule has 0 radical (unpaired) electrons. The predicted molar refractivity (Wildman–Crippen MR) is 104 cm³/mol. The summed E-state index contributed by atoms with van der Waals surface area (Å²) in [7, 11) is 0. The molecule has 4 nitrogen and oxygen atoms in total. The third kappa shape index (κ3) is 4.28. The molecule has 1 fully saturated rings. The van der Waals surface area contributed by atoms with Crippen molar-refractivity contribution in [3.05, 3.63) is 60.2 Å². The number of halogens is 2. The van der Waals surface area contributed by atoms with Gasteiger partial charge in [-0.15, -0.1) is 0 Å². The standard InChI is InChI=1S/C21H20Cl2O4/c1-21(2)16(18(24)19(22)23)17(21)20(25)26-12-13-8-6-7-11-15(13)27-14-9-4-3-5-10-14/h3-11,16-17,19H,12H2,1-2H3. The van der Waals surface area contributed by atoms with E-state index >= 15 is 0 Å². The number of carbonyl (C=O) groups excluding carboxylic acids is 2. The molecule has 2 unspecified atom stereocenters. The molecule has 2 aromatic carbocycles. The van der Waals surface area contributed by atoms with E-state index < -0.39 is 28.1 Å². The average Bonchev–Trinajstić information content (AvgIpc) is 3.23. The maximum Gasteiger partial charge on any atom is 0.310 e. The van der Waals surface area contributed by atoms with Gasteiger partial charge in [-0.3, -0.25) is 9.59 Å². The summed E-state index contributed by atoms with van der Waals surface area (Å²) in [5.41, 5.74) is 0.236. The van der Waals surface area contributed by atoms with Crippen LogP contribution in [0.3, 0.4) is 0 Å². The summed E-state index contributed by atoms with van der Waals surface area (Å²) in [5.74, 6) is -0.505. The maximum absolute atomic E-state index is 12.5. The fraction of sp³-hybridized carbons (Fsp3) is 0.333. The van der Waals surface area contributed by atoms with Crippen molar-refractivity contribution in [1.29, 1.82) is 0 Å². The van der Waals surface area contributed by atoms with Gasteiger partial charge >= 0.3 is 5.97 Å². The highest BCUT2D eigenvalue weighted by Crippen LogP contribution is 2.60. The molecule has 1 aliphatic carbocycles. The van der Waals surface area contributed by atoms with Crippen molar-refractivity contribution in [2.75, 3.05) is 0 Å². The topological polar surface area (TPSA) is 52.6 Å². The number of hydrogen-bond donors (Lipinski definition) is 0. The highest BCUT2D eigenvalue weighted by Gasteiger charge is 2.66. The van der Waals surface area contributed by atoms with Gasteiger partial charge in [-0.1, -0.05) is 73.4 Å². The second-order valence-corrected chi connectivity index (χ2v) is 8.21. The molecule has 142 valence electrons. The van der Waals surface area contributed by atoms with E-state index in [0.717, 1.165) is 5.56 Å². The lowest BCUT2D eigenvalue weighted by molar-refractivity contribution is -0.148. The molecule has 0 aromatic heterocycles. The van der Waals surface area contributed by atoms with E-state index in [1.807, 2.05) is 68.4 Å². The van der Waals surface area contributed by atoms with Gasteiger partial charge in [0, 0.05) is 11.5 Å². The quantitative estimate of drug-likeness (QED) is 0.470. The number of hydrogen-bond acceptors (Lipinski definition) is 4. The second-order valence-electron chi connectivity index (χ2n) is 7.11. The number of benzene rings is 2. The number of ether oxygens (including phenoxy) is 2. The summed E-state index contributed by atoms with van der Waals surface area (Å²) in [6.07, 6.45) is 0. The number of esters is 1. The predicted octanol–water partition coefficient (Wildman–Crippen LogP) is 5.17. The van der Waals surface area contributed by atoms with Crippen LogP contribution in [0.4, 0.5) is 0 Å². The van der Waals surface area contributed by atoms with E-state index in [4.69, 9.17) is 32.7 Å². The van der Waals surface area contributed by atoms with Gasteiger partial charge in [-0.2, -0.15) is 0 Å². The molecule has 0 bridgehead atoms. The van der Waals surface area contributed by atoms with Gasteiger partial charge < -0.3 is 9.47 Å². The lowest BCUT2D eigenvalue weighted by atomic mass is 10.1. The Morgan fingerprint density at radius 2 is 1.63 bits per heavy atom. The minimum absolute atomic E-state index is 0.0561. The fourth-order valence-electron chi connectivity index (χ4n) is 3.32. The van der Waals surface area contributed by atoms with Crippen LogP contribution < -0.4 is 4.74 Å². The number of ketones is 1. The molecule has 0 N–H and O–H groups in total. The number of para-hydroxylation sites is 2. The molecule has 27 heavy (non-hydrogen) atoms. The zero-order chi connectivity index (χ0) is 19.6. The Morgan fingerprint density at radius 3 is 2.30 bits per heavy atom. The van der Waals surface area contributed by atoms with Crippen LogP contribution in [0.15, 0.2) is 54.6 Å². The molecule has 0 amide bonds. The summed E-state index contributed by atoms with van der Waals surface area (Å²) < 4.78 is 11.3. The first-order valence-electron chi connectivity index (χ1n) is 8.61. The minimum Gasteiger partial charge on any atom is -0.460 e. The zero-order valence-electron chi connectivity index (χ0n) is 15.0. The second kappa shape index (κ2) is 7.91. The molecule has 6 heteroatoms. The van der Waals surface area contributed by atoms with Crippen molar-refractivity contribution < 1.29 is 19.1 Å². The summed E-state index contributed by atoms with van der Waals surface area (Å²) in [6.45, 7) is 3.73. The van der Waals surface area contributed by atoms with Gasteiger partial charge in [0.2, 0.25) is 0 Å². The Morgan fingerprint density at radius 1 is 1.00 bits per heavy atom. The first-order chi connectivity index (χ1) is 12.8. The number of rotatable bonds is 7. The van der Waals surface area contributed by atoms with Crippen molar-refractivity contribution in [3.63, 3.8) is 0 Å². The lowest BCUT2D eigenvalue weighted by Crippen LogP contribution is -2.16. The maximum atomic E-state index is 12.5. The molecule has 3 rings (SSSR count). The molecule has 2 aromatic rings. The van der Waals surface area contributed by atoms with Crippen molar-refractivity contribution in [3.8, 4) is 11.5 Å². The Bertz CT molecular complexity index is 833. The Labute approximate surface area is 168 Å². The third-order valence-corrected chi connectivity index (χ3v) is 5.35. The molecule has 0 saturated heterocycles. The van der Waals surface area contributed by atoms with E-state index in [1.54, 1.807) is 0 Å². The monoisotopic (exact) mass is 406 g/mol. The van der Waals surface area contributed by atoms with Crippen molar-refractivity contribution >= 4 is 35.0 Å². The third-order valence-electron chi connectivity index (χ3n) is 4.92. The van der Waals surface area contributed by atoms with Crippen LogP contribution in [0.1, 0.15) is 19.4 Å². The van der Waals surface area contributed by atoms with Gasteiger partial charge in [0.1, 0.15) is 18.1 Å². The summed E-state index contributed by atoms with van der Waals surface area (Å²) in [6, 6.07) is 16.7. The Hall–Kier alpha value is -2.04. The molecular weight excluding hydrogens is 387 g/mol. The van der Waals surface area contributed by atoms with E-state index in [1.165, 1.54) is 0 Å². The van der Waals surface area contributed by atoms with Crippen LogP contribution in [0.5, 0.6) is 11.5 Å². The normalized spacial score (nSPS) is 20.2. The van der Waals surface area contributed by atoms with Crippen LogP contribution in [0, 0.1) is 17.3 Å². The van der Waals surface area contributed by atoms with Gasteiger partial charge in [0.25, 0.3) is 0 Å². The lowest BCUT2D eigenvalue weighted by Gasteiger charge is -2.12. The van der Waals surface area contributed by atoms with Crippen LogP contribution >= 0.6 is 23.2 Å². The number of Topliss-reactive ketones (excluding diaryl/α,β-unsaturated/α-hetero) is 1. The van der Waals surface area contributed by atoms with Gasteiger partial charge in [0.15, 0.2) is 10.6 Å². The SMILES string of the molecule is CC1(C)C(C(=O)OCc2ccccc2Oc2ccccc2)C1C(=O)C(Cl)Cl. The minimum atomic E-state index is -1.13. The van der Waals surface area contributed by atoms with Crippen LogP contribution in [-0.2, 0) is 20.9 Å². The highest BCUT2D eigenvalue weighted by molar-refractivity contribution is 6.54. The molecular formula is C21H20Cl2O4. The average molecular weight is 407 g/mol. The first-order valence-corrected chi connectivity index (χ1v) is 9.49. The fourth-order valence-corrected chi connectivity index (χ4v) is 3.59. The first kappa shape index (κ1) is 19.7. The summed E-state index contributed by atoms with van der Waals surface area (Å²) in [5, 5.41) is 0. The zero-order valence-corrected chi connectivity index (χ0v) is 16.5. The summed E-state index contributed by atoms with van der Waals surface area (Å²) >= 11 is 11.4. The Kier molecular flexibility index (Phi) is 5.78. The molecule has 1 aliphatic rings. The largest absolute Gasteiger partial charge is 0.460 e. The van der Waals surface area contributed by atoms with Crippen LogP contribution in [-0.4, -0.2) is 16.6 Å². The van der Waals surface area contributed by atoms with Crippen LogP contribution in [0.2, 0.25) is 0 Å². The highest BCUT2D eigenvalue weighted by atomic mass is 35.5. The molecule has 2 atom stereocenters. The van der Waals surface area contributed by atoms with E-state index in [-0.39, 0.29) is 12.4 Å². The number of alkyl halides is 2. The Balaban J connectivity index is 1.66. The van der Waals surface area contributed by atoms with E-state index in [9.17, 15) is 9.59 Å². The van der Waals surface area contributed by atoms with Gasteiger partial charge in [0.05, 0.1) is 5.92 Å². The van der Waals surface area contributed by atoms with Crippen molar-refractivity contribution in [2.45, 2.75) is 25.3 Å². The van der Waals surface area contributed by atoms with E-state index in [0.29, 0.717) is 11.5 Å². The summed E-state index contributed by atoms with van der Waals surface area (Å²) in [4.78, 5) is 23.4. The van der Waals surface area contributed by atoms with Crippen molar-refractivity contribution in [1.82, 2.24) is 0 Å². The van der Waals surface area contributed by atoms with E-state index in [2.05, 4.69) is 0 Å². The van der Waals surface area contributed by atoms with Crippen molar-refractivity contribution in [2.24, 2.45) is 17.3 Å². The number of carbonyl (C=O) groups is 2. The molecule has 0 aliphatic heterocycles. The van der Waals surface area contributed by atoms with Gasteiger partial charge in [-0.25, -0.2) is 0 Å².